The smallest absolute Gasteiger partial charge is 0.0575 e. The first-order valence-corrected chi connectivity index (χ1v) is 6.73. The molecule has 0 aliphatic heterocycles. The lowest BCUT2D eigenvalue weighted by atomic mass is 9.82. The van der Waals surface area contributed by atoms with Gasteiger partial charge in [-0.2, -0.15) is 0 Å². The number of hydrogen-bond donors (Lipinski definition) is 1. The minimum Gasteiger partial charge on any atom is -0.393 e. The van der Waals surface area contributed by atoms with Crippen LogP contribution in [-0.4, -0.2) is 35.7 Å². The zero-order chi connectivity index (χ0) is 12.3. The Morgan fingerprint density at radius 3 is 2.38 bits per heavy atom. The summed E-state index contributed by atoms with van der Waals surface area (Å²) in [5.41, 5.74) is -0.00802. The van der Waals surface area contributed by atoms with Gasteiger partial charge in [-0.05, 0) is 32.7 Å². The van der Waals surface area contributed by atoms with Gasteiger partial charge < -0.3 is 10.0 Å². The van der Waals surface area contributed by atoms with Crippen molar-refractivity contribution in [3.05, 3.63) is 0 Å². The molecule has 0 aromatic heterocycles. The largest absolute Gasteiger partial charge is 0.393 e. The Morgan fingerprint density at radius 1 is 1.31 bits per heavy atom. The lowest BCUT2D eigenvalue weighted by Crippen LogP contribution is -2.46. The molecule has 1 aliphatic rings. The standard InChI is InChI=1S/C14H29NO/c1-11-8-6-7-9-13(11)15(5)10-14(3,4)12(2)16/h11-13,16H,6-10H2,1-5H3. The Labute approximate surface area is 101 Å². The van der Waals surface area contributed by atoms with Crippen LogP contribution in [0, 0.1) is 11.3 Å². The number of aliphatic hydroxyl groups is 1. The molecule has 96 valence electrons. The monoisotopic (exact) mass is 227 g/mol. The zero-order valence-electron chi connectivity index (χ0n) is 11.7. The Morgan fingerprint density at radius 2 is 1.88 bits per heavy atom. The van der Waals surface area contributed by atoms with Crippen molar-refractivity contribution in [2.24, 2.45) is 11.3 Å². The van der Waals surface area contributed by atoms with Crippen molar-refractivity contribution in [2.75, 3.05) is 13.6 Å². The van der Waals surface area contributed by atoms with Crippen LogP contribution in [0.4, 0.5) is 0 Å². The van der Waals surface area contributed by atoms with Gasteiger partial charge in [0.2, 0.25) is 0 Å². The van der Waals surface area contributed by atoms with Crippen LogP contribution in [-0.2, 0) is 0 Å². The van der Waals surface area contributed by atoms with Gasteiger partial charge in [-0.15, -0.1) is 0 Å². The molecule has 1 saturated carbocycles. The van der Waals surface area contributed by atoms with Gasteiger partial charge in [-0.25, -0.2) is 0 Å². The second-order valence-electron chi connectivity index (χ2n) is 6.41. The van der Waals surface area contributed by atoms with E-state index >= 15 is 0 Å². The molecule has 3 unspecified atom stereocenters. The van der Waals surface area contributed by atoms with Crippen LogP contribution in [0.25, 0.3) is 0 Å². The summed E-state index contributed by atoms with van der Waals surface area (Å²) in [5, 5.41) is 9.77. The SMILES string of the molecule is CC1CCCCC1N(C)CC(C)(C)C(C)O. The van der Waals surface area contributed by atoms with E-state index in [1.807, 2.05) is 6.92 Å². The first-order valence-electron chi connectivity index (χ1n) is 6.73. The molecule has 0 radical (unpaired) electrons. The van der Waals surface area contributed by atoms with E-state index in [0.29, 0.717) is 6.04 Å². The van der Waals surface area contributed by atoms with Crippen molar-refractivity contribution in [2.45, 2.75) is 65.5 Å². The molecular weight excluding hydrogens is 198 g/mol. The van der Waals surface area contributed by atoms with Crippen LogP contribution >= 0.6 is 0 Å². The van der Waals surface area contributed by atoms with E-state index < -0.39 is 0 Å². The number of nitrogens with zero attached hydrogens (tertiary/aromatic N) is 1. The van der Waals surface area contributed by atoms with Crippen LogP contribution < -0.4 is 0 Å². The Kier molecular flexibility index (Phi) is 4.81. The summed E-state index contributed by atoms with van der Waals surface area (Å²) in [6.45, 7) is 9.57. The fraction of sp³-hybridized carbons (Fsp3) is 1.00. The summed E-state index contributed by atoms with van der Waals surface area (Å²) in [7, 11) is 2.22. The molecule has 0 bridgehead atoms. The van der Waals surface area contributed by atoms with Crippen molar-refractivity contribution < 1.29 is 5.11 Å². The molecule has 1 aliphatic carbocycles. The lowest BCUT2D eigenvalue weighted by molar-refractivity contribution is 0.0169. The van der Waals surface area contributed by atoms with E-state index in [4.69, 9.17) is 0 Å². The van der Waals surface area contributed by atoms with Gasteiger partial charge in [0.15, 0.2) is 0 Å². The predicted octanol–water partition coefficient (Wildman–Crippen LogP) is 2.90. The molecule has 1 fully saturated rings. The molecule has 1 N–H and O–H groups in total. The minimum absolute atomic E-state index is 0.00802. The molecule has 1 rings (SSSR count). The summed E-state index contributed by atoms with van der Waals surface area (Å²) in [6.07, 6.45) is 5.21. The maximum atomic E-state index is 9.77. The van der Waals surface area contributed by atoms with Crippen molar-refractivity contribution in [3.8, 4) is 0 Å². The molecule has 2 nitrogen and oxygen atoms in total. The van der Waals surface area contributed by atoms with E-state index in [1.165, 1.54) is 25.7 Å². The van der Waals surface area contributed by atoms with Crippen LogP contribution in [0.15, 0.2) is 0 Å². The van der Waals surface area contributed by atoms with E-state index in [1.54, 1.807) is 0 Å². The van der Waals surface area contributed by atoms with Gasteiger partial charge in [0.25, 0.3) is 0 Å². The minimum atomic E-state index is -0.242. The van der Waals surface area contributed by atoms with Gasteiger partial charge in [0, 0.05) is 18.0 Å². The van der Waals surface area contributed by atoms with Crippen LogP contribution in [0.2, 0.25) is 0 Å². The molecule has 0 amide bonds. The quantitative estimate of drug-likeness (QED) is 0.798. The predicted molar refractivity (Wildman–Crippen MR) is 69.5 cm³/mol. The summed E-state index contributed by atoms with van der Waals surface area (Å²) in [4.78, 5) is 2.47. The first kappa shape index (κ1) is 14.0. The third-order valence-corrected chi connectivity index (χ3v) is 4.42. The van der Waals surface area contributed by atoms with Crippen molar-refractivity contribution >= 4 is 0 Å². The second kappa shape index (κ2) is 5.50. The van der Waals surface area contributed by atoms with Gasteiger partial charge in [-0.1, -0.05) is 33.6 Å². The van der Waals surface area contributed by atoms with Crippen LogP contribution in [0.3, 0.4) is 0 Å². The van der Waals surface area contributed by atoms with Crippen molar-refractivity contribution in [3.63, 3.8) is 0 Å². The van der Waals surface area contributed by atoms with Crippen LogP contribution in [0.5, 0.6) is 0 Å². The molecule has 16 heavy (non-hydrogen) atoms. The summed E-state index contributed by atoms with van der Waals surface area (Å²) < 4.78 is 0. The van der Waals surface area contributed by atoms with Gasteiger partial charge in [0.1, 0.15) is 0 Å². The first-order chi connectivity index (χ1) is 7.34. The van der Waals surface area contributed by atoms with E-state index in [2.05, 4.69) is 32.7 Å². The third-order valence-electron chi connectivity index (χ3n) is 4.42. The normalized spacial score (nSPS) is 29.4. The maximum Gasteiger partial charge on any atom is 0.0575 e. The van der Waals surface area contributed by atoms with Crippen LogP contribution in [0.1, 0.15) is 53.4 Å². The van der Waals surface area contributed by atoms with Gasteiger partial charge >= 0.3 is 0 Å². The van der Waals surface area contributed by atoms with Crippen molar-refractivity contribution in [1.29, 1.82) is 0 Å². The second-order valence-corrected chi connectivity index (χ2v) is 6.41. The highest BCUT2D eigenvalue weighted by Gasteiger charge is 2.31. The molecule has 0 heterocycles. The maximum absolute atomic E-state index is 9.77. The fourth-order valence-electron chi connectivity index (χ4n) is 2.84. The highest BCUT2D eigenvalue weighted by molar-refractivity contribution is 4.84. The highest BCUT2D eigenvalue weighted by atomic mass is 16.3. The molecular formula is C14H29NO. The van der Waals surface area contributed by atoms with E-state index in [0.717, 1.165) is 12.5 Å². The molecule has 0 saturated heterocycles. The average molecular weight is 227 g/mol. The average Bonchev–Trinajstić information content (AvgIpc) is 2.17. The van der Waals surface area contributed by atoms with E-state index in [9.17, 15) is 5.11 Å². The number of aliphatic hydroxyl groups excluding tert-OH is 1. The summed E-state index contributed by atoms with van der Waals surface area (Å²) >= 11 is 0. The Balaban J connectivity index is 2.53. The number of hydrogen-bond acceptors (Lipinski definition) is 2. The molecule has 0 aromatic rings. The Bertz CT molecular complexity index is 213. The molecule has 2 heteroatoms. The lowest BCUT2D eigenvalue weighted by Gasteiger charge is -2.41. The zero-order valence-corrected chi connectivity index (χ0v) is 11.7. The molecule has 0 aromatic carbocycles. The summed E-state index contributed by atoms with van der Waals surface area (Å²) in [5.74, 6) is 0.809. The van der Waals surface area contributed by atoms with Gasteiger partial charge in [-0.3, -0.25) is 0 Å². The fourth-order valence-corrected chi connectivity index (χ4v) is 2.84. The van der Waals surface area contributed by atoms with Crippen molar-refractivity contribution in [1.82, 2.24) is 4.90 Å². The third kappa shape index (κ3) is 3.46. The summed E-state index contributed by atoms with van der Waals surface area (Å²) in [6, 6.07) is 0.715. The highest BCUT2D eigenvalue weighted by Crippen LogP contribution is 2.30. The number of rotatable bonds is 4. The Hall–Kier alpha value is -0.0800. The topological polar surface area (TPSA) is 23.5 Å². The van der Waals surface area contributed by atoms with E-state index in [-0.39, 0.29) is 11.5 Å². The molecule has 3 atom stereocenters. The molecule has 0 spiro atoms. The van der Waals surface area contributed by atoms with Gasteiger partial charge in [0.05, 0.1) is 6.10 Å².